The third kappa shape index (κ3) is 2.83. The zero-order chi connectivity index (χ0) is 12.3. The van der Waals surface area contributed by atoms with E-state index in [0.29, 0.717) is 5.92 Å². The normalized spacial score (nSPS) is 14.8. The minimum Gasteiger partial charge on any atom is -0.387 e. The van der Waals surface area contributed by atoms with Gasteiger partial charge in [0.05, 0.1) is 17.3 Å². The van der Waals surface area contributed by atoms with Crippen LogP contribution in [0.4, 0.5) is 0 Å². The number of fused-ring (bicyclic) bond motifs is 1. The number of hydrogen-bond donors (Lipinski definition) is 1. The number of nitrogens with zero attached hydrogens (tertiary/aromatic N) is 1. The van der Waals surface area contributed by atoms with Crippen LogP contribution in [0, 0.1) is 5.92 Å². The predicted molar refractivity (Wildman–Crippen MR) is 70.8 cm³/mol. The van der Waals surface area contributed by atoms with Crippen molar-refractivity contribution in [1.82, 2.24) is 4.98 Å². The van der Waals surface area contributed by atoms with Crippen molar-refractivity contribution in [3.05, 3.63) is 42.1 Å². The van der Waals surface area contributed by atoms with E-state index in [2.05, 4.69) is 18.8 Å². The maximum Gasteiger partial charge on any atom is 0.0962 e. The molecule has 1 aromatic heterocycles. The Labute approximate surface area is 102 Å². The molecule has 0 amide bonds. The van der Waals surface area contributed by atoms with Gasteiger partial charge in [0.1, 0.15) is 0 Å². The van der Waals surface area contributed by atoms with Crippen LogP contribution in [0.3, 0.4) is 0 Å². The van der Waals surface area contributed by atoms with Crippen LogP contribution in [0.25, 0.3) is 10.9 Å². The summed E-state index contributed by atoms with van der Waals surface area (Å²) in [6.07, 6.45) is 1.42. The fraction of sp³-hybridized carbons (Fsp3) is 0.400. The van der Waals surface area contributed by atoms with E-state index in [-0.39, 0.29) is 0 Å². The zero-order valence-corrected chi connectivity index (χ0v) is 10.4. The molecule has 2 unspecified atom stereocenters. The largest absolute Gasteiger partial charge is 0.387 e. The molecule has 0 spiro atoms. The molecule has 0 aliphatic heterocycles. The summed E-state index contributed by atoms with van der Waals surface area (Å²) >= 11 is 0. The van der Waals surface area contributed by atoms with Gasteiger partial charge in [-0.2, -0.15) is 0 Å². The van der Waals surface area contributed by atoms with Crippen LogP contribution in [-0.2, 0) is 0 Å². The second-order valence-corrected chi connectivity index (χ2v) is 4.69. The lowest BCUT2D eigenvalue weighted by molar-refractivity contribution is 0.142. The number of aromatic nitrogens is 1. The number of aliphatic hydroxyl groups is 1. The molecule has 1 aromatic carbocycles. The molecule has 0 aliphatic rings. The third-order valence-corrected chi connectivity index (χ3v) is 3.28. The van der Waals surface area contributed by atoms with Crippen LogP contribution in [0.2, 0.25) is 0 Å². The summed E-state index contributed by atoms with van der Waals surface area (Å²) in [5.41, 5.74) is 1.73. The second kappa shape index (κ2) is 5.28. The van der Waals surface area contributed by atoms with Crippen LogP contribution in [0.5, 0.6) is 0 Å². The van der Waals surface area contributed by atoms with E-state index in [9.17, 15) is 5.11 Å². The van der Waals surface area contributed by atoms with E-state index in [1.165, 1.54) is 0 Å². The van der Waals surface area contributed by atoms with Crippen LogP contribution < -0.4 is 0 Å². The Bertz CT molecular complexity index is 495. The van der Waals surface area contributed by atoms with Crippen molar-refractivity contribution in [2.75, 3.05) is 0 Å². The first-order valence-corrected chi connectivity index (χ1v) is 6.24. The minimum absolute atomic E-state index is 0.449. The molecule has 0 saturated carbocycles. The van der Waals surface area contributed by atoms with Crippen molar-refractivity contribution in [2.24, 2.45) is 5.92 Å². The Morgan fingerprint density at radius 2 is 1.94 bits per heavy atom. The number of benzene rings is 1. The quantitative estimate of drug-likeness (QED) is 0.867. The van der Waals surface area contributed by atoms with Crippen LogP contribution in [-0.4, -0.2) is 10.1 Å². The van der Waals surface area contributed by atoms with E-state index in [1.54, 1.807) is 0 Å². The molecular weight excluding hydrogens is 210 g/mol. The Morgan fingerprint density at radius 3 is 2.71 bits per heavy atom. The predicted octanol–water partition coefficient (Wildman–Crippen LogP) is 3.70. The summed E-state index contributed by atoms with van der Waals surface area (Å²) in [4.78, 5) is 4.51. The molecule has 1 heterocycles. The van der Waals surface area contributed by atoms with Gasteiger partial charge < -0.3 is 5.11 Å². The summed E-state index contributed by atoms with van der Waals surface area (Å²) < 4.78 is 0. The van der Waals surface area contributed by atoms with Crippen molar-refractivity contribution >= 4 is 10.9 Å². The molecule has 2 heteroatoms. The second-order valence-electron chi connectivity index (χ2n) is 4.69. The highest BCUT2D eigenvalue weighted by Crippen LogP contribution is 2.23. The van der Waals surface area contributed by atoms with Crippen LogP contribution in [0.15, 0.2) is 36.4 Å². The summed E-state index contributed by atoms with van der Waals surface area (Å²) in [6.45, 7) is 4.30. The third-order valence-electron chi connectivity index (χ3n) is 3.28. The Hall–Kier alpha value is -1.41. The maximum atomic E-state index is 10.1. The van der Waals surface area contributed by atoms with E-state index < -0.39 is 6.10 Å². The van der Waals surface area contributed by atoms with Gasteiger partial charge in [0, 0.05) is 5.39 Å². The SMILES string of the molecule is CCC(C)CC(O)c1ccc2ccccc2n1. The molecule has 2 aromatic rings. The van der Waals surface area contributed by atoms with Crippen molar-refractivity contribution in [1.29, 1.82) is 0 Å². The van der Waals surface area contributed by atoms with Gasteiger partial charge in [0.15, 0.2) is 0 Å². The Morgan fingerprint density at radius 1 is 1.18 bits per heavy atom. The van der Waals surface area contributed by atoms with Gasteiger partial charge in [-0.15, -0.1) is 0 Å². The number of hydrogen-bond acceptors (Lipinski definition) is 2. The number of para-hydroxylation sites is 1. The molecule has 2 rings (SSSR count). The summed E-state index contributed by atoms with van der Waals surface area (Å²) in [6, 6.07) is 11.9. The van der Waals surface area contributed by atoms with E-state index in [1.807, 2.05) is 36.4 Å². The van der Waals surface area contributed by atoms with Crippen molar-refractivity contribution in [3.63, 3.8) is 0 Å². The average molecular weight is 229 g/mol. The van der Waals surface area contributed by atoms with Crippen LogP contribution in [0.1, 0.15) is 38.5 Å². The van der Waals surface area contributed by atoms with Crippen LogP contribution >= 0.6 is 0 Å². The van der Waals surface area contributed by atoms with Gasteiger partial charge in [-0.3, -0.25) is 4.98 Å². The Balaban J connectivity index is 2.23. The van der Waals surface area contributed by atoms with Gasteiger partial charge >= 0.3 is 0 Å². The average Bonchev–Trinajstić information content (AvgIpc) is 2.38. The number of rotatable bonds is 4. The molecule has 0 fully saturated rings. The highest BCUT2D eigenvalue weighted by Gasteiger charge is 2.12. The minimum atomic E-state index is -0.449. The summed E-state index contributed by atoms with van der Waals surface area (Å²) in [5, 5.41) is 11.2. The fourth-order valence-corrected chi connectivity index (χ4v) is 1.94. The zero-order valence-electron chi connectivity index (χ0n) is 10.4. The number of aliphatic hydroxyl groups excluding tert-OH is 1. The van der Waals surface area contributed by atoms with Crippen molar-refractivity contribution in [2.45, 2.75) is 32.8 Å². The first-order chi connectivity index (χ1) is 8.20. The van der Waals surface area contributed by atoms with Gasteiger partial charge in [-0.05, 0) is 24.5 Å². The van der Waals surface area contributed by atoms with Gasteiger partial charge in [0.25, 0.3) is 0 Å². The summed E-state index contributed by atoms with van der Waals surface area (Å²) in [7, 11) is 0. The Kier molecular flexibility index (Phi) is 3.75. The molecule has 90 valence electrons. The number of pyridine rings is 1. The molecule has 17 heavy (non-hydrogen) atoms. The molecule has 0 aliphatic carbocycles. The summed E-state index contributed by atoms with van der Waals surface area (Å²) in [5.74, 6) is 0.526. The standard InChI is InChI=1S/C15H19NO/c1-3-11(2)10-15(17)14-9-8-12-6-4-5-7-13(12)16-14/h4-9,11,15,17H,3,10H2,1-2H3. The first kappa shape index (κ1) is 12.1. The fourth-order valence-electron chi connectivity index (χ4n) is 1.94. The molecule has 0 bridgehead atoms. The maximum absolute atomic E-state index is 10.1. The lowest BCUT2D eigenvalue weighted by Gasteiger charge is -2.14. The lowest BCUT2D eigenvalue weighted by Crippen LogP contribution is -2.05. The smallest absolute Gasteiger partial charge is 0.0962 e. The highest BCUT2D eigenvalue weighted by atomic mass is 16.3. The molecule has 2 nitrogen and oxygen atoms in total. The first-order valence-electron chi connectivity index (χ1n) is 6.24. The molecule has 0 radical (unpaired) electrons. The molecular formula is C15H19NO. The van der Waals surface area contributed by atoms with Crippen molar-refractivity contribution in [3.8, 4) is 0 Å². The van der Waals surface area contributed by atoms with Crippen molar-refractivity contribution < 1.29 is 5.11 Å². The van der Waals surface area contributed by atoms with E-state index in [4.69, 9.17) is 0 Å². The molecule has 0 saturated heterocycles. The molecule has 1 N–H and O–H groups in total. The van der Waals surface area contributed by atoms with Gasteiger partial charge in [-0.25, -0.2) is 0 Å². The highest BCUT2D eigenvalue weighted by molar-refractivity contribution is 5.78. The monoisotopic (exact) mass is 229 g/mol. The lowest BCUT2D eigenvalue weighted by atomic mass is 9.99. The topological polar surface area (TPSA) is 33.1 Å². The van der Waals surface area contributed by atoms with E-state index in [0.717, 1.165) is 29.4 Å². The van der Waals surface area contributed by atoms with E-state index >= 15 is 0 Å². The van der Waals surface area contributed by atoms with Gasteiger partial charge in [0.2, 0.25) is 0 Å². The molecule has 2 atom stereocenters. The van der Waals surface area contributed by atoms with Gasteiger partial charge in [-0.1, -0.05) is 44.5 Å².